The van der Waals surface area contributed by atoms with Gasteiger partial charge in [-0.1, -0.05) is 30.3 Å². The number of rotatable bonds is 3. The molecule has 3 rings (SSSR count). The molecule has 0 amide bonds. The molecule has 2 nitrogen and oxygen atoms in total. The van der Waals surface area contributed by atoms with Crippen LogP contribution in [0.5, 0.6) is 0 Å². The van der Waals surface area contributed by atoms with Crippen molar-refractivity contribution in [1.29, 1.82) is 0 Å². The lowest BCUT2D eigenvalue weighted by molar-refractivity contribution is 0.623. The molecule has 0 saturated heterocycles. The van der Waals surface area contributed by atoms with Gasteiger partial charge in [0.15, 0.2) is 0 Å². The van der Waals surface area contributed by atoms with E-state index in [1.54, 1.807) is 6.20 Å². The maximum Gasteiger partial charge on any atom is 0.123 e. The van der Waals surface area contributed by atoms with Crippen molar-refractivity contribution in [2.24, 2.45) is 0 Å². The van der Waals surface area contributed by atoms with Crippen LogP contribution in [0.1, 0.15) is 17.2 Å². The molecule has 0 saturated carbocycles. The van der Waals surface area contributed by atoms with Gasteiger partial charge in [-0.15, -0.1) is 0 Å². The largest absolute Gasteiger partial charge is 0.309 e. The van der Waals surface area contributed by atoms with Gasteiger partial charge in [0.25, 0.3) is 0 Å². The van der Waals surface area contributed by atoms with Gasteiger partial charge in [-0.3, -0.25) is 4.98 Å². The van der Waals surface area contributed by atoms with Gasteiger partial charge in [0.2, 0.25) is 0 Å². The SMILES string of the molecule is CNC(c1ccc(F)cc1)c1cccc2cnccc12. The summed E-state index contributed by atoms with van der Waals surface area (Å²) in [6.45, 7) is 0. The number of nitrogens with one attached hydrogen (secondary N) is 1. The molecule has 2 aromatic carbocycles. The maximum absolute atomic E-state index is 13.1. The minimum absolute atomic E-state index is 0.0294. The molecule has 1 unspecified atom stereocenters. The summed E-state index contributed by atoms with van der Waals surface area (Å²) in [6, 6.07) is 14.8. The van der Waals surface area contributed by atoms with Gasteiger partial charge >= 0.3 is 0 Å². The van der Waals surface area contributed by atoms with Crippen molar-refractivity contribution in [2.45, 2.75) is 6.04 Å². The Hall–Kier alpha value is -2.26. The van der Waals surface area contributed by atoms with Gasteiger partial charge in [0.05, 0.1) is 6.04 Å². The highest BCUT2D eigenvalue weighted by Crippen LogP contribution is 2.28. The lowest BCUT2D eigenvalue weighted by Crippen LogP contribution is -2.18. The van der Waals surface area contributed by atoms with E-state index >= 15 is 0 Å². The Kier molecular flexibility index (Phi) is 3.44. The Labute approximate surface area is 117 Å². The predicted octanol–water partition coefficient (Wildman–Crippen LogP) is 3.68. The molecule has 1 heterocycles. The number of aromatic nitrogens is 1. The Morgan fingerprint density at radius 2 is 1.85 bits per heavy atom. The number of hydrogen-bond acceptors (Lipinski definition) is 2. The first kappa shape index (κ1) is 12.8. The fourth-order valence-electron chi connectivity index (χ4n) is 2.56. The number of halogens is 1. The van der Waals surface area contributed by atoms with Crippen molar-refractivity contribution >= 4 is 10.8 Å². The zero-order valence-corrected chi connectivity index (χ0v) is 11.2. The zero-order valence-electron chi connectivity index (χ0n) is 11.2. The first-order chi connectivity index (χ1) is 9.79. The lowest BCUT2D eigenvalue weighted by atomic mass is 9.94. The Balaban J connectivity index is 2.14. The summed E-state index contributed by atoms with van der Waals surface area (Å²) < 4.78 is 13.1. The van der Waals surface area contributed by atoms with Crippen LogP contribution >= 0.6 is 0 Å². The van der Waals surface area contributed by atoms with Crippen molar-refractivity contribution in [3.8, 4) is 0 Å². The highest BCUT2D eigenvalue weighted by atomic mass is 19.1. The summed E-state index contributed by atoms with van der Waals surface area (Å²) >= 11 is 0. The Bertz CT molecular complexity index is 717. The first-order valence-corrected chi connectivity index (χ1v) is 6.55. The topological polar surface area (TPSA) is 24.9 Å². The van der Waals surface area contributed by atoms with Crippen LogP contribution in [-0.4, -0.2) is 12.0 Å². The molecule has 100 valence electrons. The van der Waals surface area contributed by atoms with Gasteiger partial charge in [-0.05, 0) is 41.8 Å². The second kappa shape index (κ2) is 5.39. The maximum atomic E-state index is 13.1. The second-order valence-electron chi connectivity index (χ2n) is 4.72. The third-order valence-electron chi connectivity index (χ3n) is 3.52. The standard InChI is InChI=1S/C17H15FN2/c1-19-17(12-5-7-14(18)8-6-12)16-4-2-3-13-11-20-10-9-15(13)16/h2-11,17,19H,1H3. The van der Waals surface area contributed by atoms with E-state index in [1.165, 1.54) is 17.7 Å². The molecule has 1 atom stereocenters. The zero-order chi connectivity index (χ0) is 13.9. The van der Waals surface area contributed by atoms with Crippen LogP contribution in [0.15, 0.2) is 60.9 Å². The van der Waals surface area contributed by atoms with E-state index in [0.29, 0.717) is 0 Å². The first-order valence-electron chi connectivity index (χ1n) is 6.55. The molecule has 0 fully saturated rings. The van der Waals surface area contributed by atoms with Crippen molar-refractivity contribution in [1.82, 2.24) is 10.3 Å². The van der Waals surface area contributed by atoms with Crippen molar-refractivity contribution in [3.05, 3.63) is 77.9 Å². The van der Waals surface area contributed by atoms with Gasteiger partial charge in [0.1, 0.15) is 5.82 Å². The molecule has 0 bridgehead atoms. The highest BCUT2D eigenvalue weighted by Gasteiger charge is 2.14. The van der Waals surface area contributed by atoms with E-state index in [9.17, 15) is 4.39 Å². The molecule has 0 radical (unpaired) electrons. The molecule has 20 heavy (non-hydrogen) atoms. The predicted molar refractivity (Wildman–Crippen MR) is 79.0 cm³/mol. The summed E-state index contributed by atoms with van der Waals surface area (Å²) in [5.74, 6) is -0.217. The van der Waals surface area contributed by atoms with E-state index in [4.69, 9.17) is 0 Å². The average molecular weight is 266 g/mol. The molecule has 0 aliphatic heterocycles. The molecule has 3 heteroatoms. The number of benzene rings is 2. The Morgan fingerprint density at radius 1 is 1.05 bits per heavy atom. The van der Waals surface area contributed by atoms with Gasteiger partial charge in [0, 0.05) is 17.8 Å². The smallest absolute Gasteiger partial charge is 0.123 e. The van der Waals surface area contributed by atoms with Gasteiger partial charge < -0.3 is 5.32 Å². The molecular weight excluding hydrogens is 251 g/mol. The third-order valence-corrected chi connectivity index (χ3v) is 3.52. The molecule has 0 spiro atoms. The number of hydrogen-bond donors (Lipinski definition) is 1. The molecular formula is C17H15FN2. The molecule has 0 aliphatic carbocycles. The number of fused-ring (bicyclic) bond motifs is 1. The lowest BCUT2D eigenvalue weighted by Gasteiger charge is -2.19. The van der Waals surface area contributed by atoms with E-state index in [1.807, 2.05) is 43.6 Å². The number of pyridine rings is 1. The molecule has 3 aromatic rings. The quantitative estimate of drug-likeness (QED) is 0.782. The van der Waals surface area contributed by atoms with E-state index < -0.39 is 0 Å². The van der Waals surface area contributed by atoms with E-state index in [0.717, 1.165) is 16.3 Å². The minimum atomic E-state index is -0.217. The normalized spacial score (nSPS) is 12.5. The van der Waals surface area contributed by atoms with E-state index in [-0.39, 0.29) is 11.9 Å². The van der Waals surface area contributed by atoms with Gasteiger partial charge in [-0.25, -0.2) is 4.39 Å². The molecule has 1 N–H and O–H groups in total. The van der Waals surface area contributed by atoms with Crippen LogP contribution in [0, 0.1) is 5.82 Å². The summed E-state index contributed by atoms with van der Waals surface area (Å²) in [7, 11) is 1.91. The summed E-state index contributed by atoms with van der Waals surface area (Å²) in [6.07, 6.45) is 3.65. The third kappa shape index (κ3) is 2.28. The van der Waals surface area contributed by atoms with E-state index in [2.05, 4.69) is 16.4 Å². The van der Waals surface area contributed by atoms with Crippen molar-refractivity contribution in [3.63, 3.8) is 0 Å². The highest BCUT2D eigenvalue weighted by molar-refractivity contribution is 5.85. The summed E-state index contributed by atoms with van der Waals surface area (Å²) in [5.41, 5.74) is 2.21. The summed E-state index contributed by atoms with van der Waals surface area (Å²) in [4.78, 5) is 4.15. The number of nitrogens with zero attached hydrogens (tertiary/aromatic N) is 1. The molecule has 0 aliphatic rings. The fourth-order valence-corrected chi connectivity index (χ4v) is 2.56. The average Bonchev–Trinajstić information content (AvgIpc) is 2.50. The van der Waals surface area contributed by atoms with Crippen molar-refractivity contribution < 1.29 is 4.39 Å². The van der Waals surface area contributed by atoms with Crippen LogP contribution in [0.25, 0.3) is 10.8 Å². The van der Waals surface area contributed by atoms with Crippen LogP contribution in [0.2, 0.25) is 0 Å². The monoisotopic (exact) mass is 266 g/mol. The molecule has 1 aromatic heterocycles. The minimum Gasteiger partial charge on any atom is -0.309 e. The van der Waals surface area contributed by atoms with Crippen LogP contribution in [-0.2, 0) is 0 Å². The van der Waals surface area contributed by atoms with Crippen LogP contribution < -0.4 is 5.32 Å². The fraction of sp³-hybridized carbons (Fsp3) is 0.118. The van der Waals surface area contributed by atoms with Crippen LogP contribution in [0.3, 0.4) is 0 Å². The van der Waals surface area contributed by atoms with Crippen LogP contribution in [0.4, 0.5) is 4.39 Å². The second-order valence-corrected chi connectivity index (χ2v) is 4.72. The van der Waals surface area contributed by atoms with Crippen molar-refractivity contribution in [2.75, 3.05) is 7.05 Å². The van der Waals surface area contributed by atoms with Gasteiger partial charge in [-0.2, -0.15) is 0 Å². The summed E-state index contributed by atoms with van der Waals surface area (Å²) in [5, 5.41) is 5.57. The Morgan fingerprint density at radius 3 is 2.60 bits per heavy atom.